The highest BCUT2D eigenvalue weighted by Crippen LogP contribution is 2.29. The highest BCUT2D eigenvalue weighted by atomic mass is 16.3. The third-order valence-electron chi connectivity index (χ3n) is 4.28. The molecule has 2 rings (SSSR count). The molecule has 0 bridgehead atoms. The predicted molar refractivity (Wildman–Crippen MR) is 72.8 cm³/mol. The molecule has 20 heavy (non-hydrogen) atoms. The van der Waals surface area contributed by atoms with Crippen molar-refractivity contribution in [1.29, 1.82) is 0 Å². The van der Waals surface area contributed by atoms with Crippen LogP contribution in [0.2, 0.25) is 0 Å². The van der Waals surface area contributed by atoms with E-state index >= 15 is 0 Å². The summed E-state index contributed by atoms with van der Waals surface area (Å²) in [6.45, 7) is 1.52. The molecule has 1 saturated heterocycles. The molecule has 1 aliphatic heterocycles. The molecule has 2 fully saturated rings. The van der Waals surface area contributed by atoms with Gasteiger partial charge in [0.25, 0.3) is 0 Å². The molecule has 1 saturated carbocycles. The van der Waals surface area contributed by atoms with Gasteiger partial charge in [0.15, 0.2) is 0 Å². The molecule has 0 aromatic carbocycles. The number of nitrogens with one attached hydrogen (secondary N) is 1. The van der Waals surface area contributed by atoms with Crippen LogP contribution in [0.5, 0.6) is 0 Å². The van der Waals surface area contributed by atoms with Gasteiger partial charge in [0.1, 0.15) is 5.60 Å². The maximum Gasteiger partial charge on any atom is 0.225 e. The molecule has 114 valence electrons. The van der Waals surface area contributed by atoms with Crippen molar-refractivity contribution in [3.8, 4) is 0 Å². The molecular weight excluding hydrogens is 260 g/mol. The highest BCUT2D eigenvalue weighted by molar-refractivity contribution is 5.89. The molecule has 6 nitrogen and oxygen atoms in total. The quantitative estimate of drug-likeness (QED) is 0.643. The highest BCUT2D eigenvalue weighted by Gasteiger charge is 2.38. The summed E-state index contributed by atoms with van der Waals surface area (Å²) >= 11 is 0. The molecule has 1 heterocycles. The lowest BCUT2D eigenvalue weighted by molar-refractivity contribution is -0.130. The number of aliphatic hydroxyl groups is 2. The minimum absolute atomic E-state index is 0.00352. The second-order valence-electron chi connectivity index (χ2n) is 6.26. The number of hydrogen-bond donors (Lipinski definition) is 3. The van der Waals surface area contributed by atoms with Crippen LogP contribution < -0.4 is 5.32 Å². The summed E-state index contributed by atoms with van der Waals surface area (Å²) < 4.78 is 0. The van der Waals surface area contributed by atoms with Gasteiger partial charge in [-0.2, -0.15) is 0 Å². The lowest BCUT2D eigenvalue weighted by Crippen LogP contribution is -2.45. The van der Waals surface area contributed by atoms with Crippen LogP contribution in [0.25, 0.3) is 0 Å². The average Bonchev–Trinajstić information content (AvgIpc) is 3.05. The molecular formula is C14H24N2O4. The molecule has 2 amide bonds. The fourth-order valence-electron chi connectivity index (χ4n) is 2.95. The van der Waals surface area contributed by atoms with Gasteiger partial charge in [-0.15, -0.1) is 0 Å². The Morgan fingerprint density at radius 2 is 2.10 bits per heavy atom. The third-order valence-corrected chi connectivity index (χ3v) is 4.28. The molecule has 3 N–H and O–H groups in total. The van der Waals surface area contributed by atoms with E-state index in [0.29, 0.717) is 12.6 Å². The summed E-state index contributed by atoms with van der Waals surface area (Å²) in [6.07, 6.45) is 4.65. The first kappa shape index (κ1) is 15.3. The molecule has 2 unspecified atom stereocenters. The van der Waals surface area contributed by atoms with Gasteiger partial charge in [-0.3, -0.25) is 9.59 Å². The number of rotatable bonds is 5. The largest absolute Gasteiger partial charge is 0.393 e. The van der Waals surface area contributed by atoms with Crippen molar-refractivity contribution in [3.63, 3.8) is 0 Å². The van der Waals surface area contributed by atoms with Crippen molar-refractivity contribution in [2.75, 3.05) is 19.7 Å². The van der Waals surface area contributed by atoms with E-state index in [2.05, 4.69) is 5.32 Å². The number of carbonyl (C=O) groups is 2. The molecule has 1 aliphatic carbocycles. The van der Waals surface area contributed by atoms with Crippen molar-refractivity contribution < 1.29 is 19.8 Å². The lowest BCUT2D eigenvalue weighted by Gasteiger charge is -2.24. The van der Waals surface area contributed by atoms with Crippen LogP contribution in [0.1, 0.15) is 39.0 Å². The van der Waals surface area contributed by atoms with Crippen LogP contribution in [0.15, 0.2) is 0 Å². The van der Waals surface area contributed by atoms with E-state index in [0.717, 1.165) is 25.7 Å². The van der Waals surface area contributed by atoms with E-state index in [1.165, 1.54) is 6.92 Å². The predicted octanol–water partition coefficient (Wildman–Crippen LogP) is -0.363. The zero-order chi connectivity index (χ0) is 14.8. The first-order valence-electron chi connectivity index (χ1n) is 7.33. The molecule has 0 spiro atoms. The second-order valence-corrected chi connectivity index (χ2v) is 6.26. The SMILES string of the molecule is CC(O)(CO)CNC(=O)C1CC(=O)N(C2CCCC2)C1. The van der Waals surface area contributed by atoms with Crippen LogP contribution in [-0.4, -0.2) is 58.3 Å². The normalized spacial score (nSPS) is 26.9. The Morgan fingerprint density at radius 1 is 1.45 bits per heavy atom. The van der Waals surface area contributed by atoms with E-state index in [1.807, 2.05) is 4.90 Å². The summed E-state index contributed by atoms with van der Waals surface area (Å²) in [5.74, 6) is -0.490. The summed E-state index contributed by atoms with van der Waals surface area (Å²) in [5.41, 5.74) is -1.32. The topological polar surface area (TPSA) is 89.9 Å². The Hall–Kier alpha value is -1.14. The maximum atomic E-state index is 12.0. The van der Waals surface area contributed by atoms with Crippen molar-refractivity contribution in [3.05, 3.63) is 0 Å². The van der Waals surface area contributed by atoms with Gasteiger partial charge in [0.05, 0.1) is 12.5 Å². The Balaban J connectivity index is 1.84. The van der Waals surface area contributed by atoms with Crippen molar-refractivity contribution in [2.24, 2.45) is 5.92 Å². The van der Waals surface area contributed by atoms with E-state index < -0.39 is 12.2 Å². The minimum atomic E-state index is -1.32. The first-order chi connectivity index (χ1) is 9.43. The molecule has 6 heteroatoms. The molecule has 0 aromatic rings. The van der Waals surface area contributed by atoms with E-state index in [4.69, 9.17) is 5.11 Å². The standard InChI is InChI=1S/C14H24N2O4/c1-14(20,9-17)8-15-13(19)10-6-12(18)16(7-10)11-4-2-3-5-11/h10-11,17,20H,2-9H2,1H3,(H,15,19). The smallest absolute Gasteiger partial charge is 0.225 e. The maximum absolute atomic E-state index is 12.0. The first-order valence-corrected chi connectivity index (χ1v) is 7.33. The van der Waals surface area contributed by atoms with Crippen molar-refractivity contribution in [1.82, 2.24) is 10.2 Å². The van der Waals surface area contributed by atoms with Crippen LogP contribution in [-0.2, 0) is 9.59 Å². The number of hydrogen-bond acceptors (Lipinski definition) is 4. The third kappa shape index (κ3) is 3.49. The number of carbonyl (C=O) groups excluding carboxylic acids is 2. The zero-order valence-electron chi connectivity index (χ0n) is 12.0. The summed E-state index contributed by atoms with van der Waals surface area (Å²) in [5, 5.41) is 21.2. The van der Waals surface area contributed by atoms with Gasteiger partial charge in [0.2, 0.25) is 11.8 Å². The summed E-state index contributed by atoms with van der Waals surface area (Å²) in [4.78, 5) is 25.9. The van der Waals surface area contributed by atoms with Crippen LogP contribution in [0.3, 0.4) is 0 Å². The van der Waals surface area contributed by atoms with Gasteiger partial charge in [0, 0.05) is 25.6 Å². The van der Waals surface area contributed by atoms with Crippen LogP contribution >= 0.6 is 0 Å². The van der Waals surface area contributed by atoms with Gasteiger partial charge >= 0.3 is 0 Å². The lowest BCUT2D eigenvalue weighted by atomic mass is 10.1. The van der Waals surface area contributed by atoms with E-state index in [1.54, 1.807) is 0 Å². The van der Waals surface area contributed by atoms with Crippen LogP contribution in [0.4, 0.5) is 0 Å². The summed E-state index contributed by atoms with van der Waals surface area (Å²) in [7, 11) is 0. The van der Waals surface area contributed by atoms with Crippen molar-refractivity contribution >= 4 is 11.8 Å². The van der Waals surface area contributed by atoms with Crippen molar-refractivity contribution in [2.45, 2.75) is 50.7 Å². The Kier molecular flexibility index (Phi) is 4.65. The molecule has 2 atom stereocenters. The average molecular weight is 284 g/mol. The van der Waals surface area contributed by atoms with Gasteiger partial charge in [-0.05, 0) is 19.8 Å². The van der Waals surface area contributed by atoms with E-state index in [-0.39, 0.29) is 30.7 Å². The monoisotopic (exact) mass is 284 g/mol. The Morgan fingerprint density at radius 3 is 2.70 bits per heavy atom. The Bertz CT molecular complexity index is 377. The zero-order valence-corrected chi connectivity index (χ0v) is 12.0. The van der Waals surface area contributed by atoms with Gasteiger partial charge in [-0.1, -0.05) is 12.8 Å². The second kappa shape index (κ2) is 6.10. The minimum Gasteiger partial charge on any atom is -0.393 e. The molecule has 0 aromatic heterocycles. The fraction of sp³-hybridized carbons (Fsp3) is 0.857. The van der Waals surface area contributed by atoms with Crippen LogP contribution in [0, 0.1) is 5.92 Å². The molecule has 2 aliphatic rings. The van der Waals surface area contributed by atoms with Gasteiger partial charge < -0.3 is 20.4 Å². The Labute approximate surface area is 119 Å². The fourth-order valence-corrected chi connectivity index (χ4v) is 2.95. The number of nitrogens with zero attached hydrogens (tertiary/aromatic N) is 1. The molecule has 0 radical (unpaired) electrons. The number of aliphatic hydroxyl groups excluding tert-OH is 1. The van der Waals surface area contributed by atoms with Gasteiger partial charge in [-0.25, -0.2) is 0 Å². The van der Waals surface area contributed by atoms with E-state index in [9.17, 15) is 14.7 Å². The number of amides is 2. The summed E-state index contributed by atoms with van der Waals surface area (Å²) in [6, 6.07) is 0.306. The number of likely N-dealkylation sites (tertiary alicyclic amines) is 1.